The number of rotatable bonds is 73. The van der Waals surface area contributed by atoms with Gasteiger partial charge in [-0.3, -0.25) is 37.3 Å². The van der Waals surface area contributed by atoms with E-state index in [-0.39, 0.29) is 25.7 Å². The molecule has 0 heterocycles. The van der Waals surface area contributed by atoms with E-state index in [9.17, 15) is 43.2 Å². The molecule has 19 heteroatoms. The highest BCUT2D eigenvalue weighted by molar-refractivity contribution is 7.47. The lowest BCUT2D eigenvalue weighted by atomic mass is 10.1. The number of allylic oxidation sites excluding steroid dienone is 22. The molecule has 0 saturated carbocycles. The third kappa shape index (κ3) is 73.5. The average Bonchev–Trinajstić information content (AvgIpc) is 0.924. The highest BCUT2D eigenvalue weighted by atomic mass is 31.2. The number of unbranched alkanes of at least 4 members (excludes halogenated alkanes) is 25. The summed E-state index contributed by atoms with van der Waals surface area (Å²) in [5.41, 5.74) is 0. The Bertz CT molecular complexity index is 2460. The zero-order chi connectivity index (χ0) is 74.6. The fraction of sp³-hybridized carbons (Fsp3) is 0.687. The summed E-state index contributed by atoms with van der Waals surface area (Å²) in [6, 6.07) is 0. The van der Waals surface area contributed by atoms with E-state index in [1.165, 1.54) is 64.2 Å². The van der Waals surface area contributed by atoms with Crippen LogP contribution in [0.25, 0.3) is 0 Å². The van der Waals surface area contributed by atoms with Crippen LogP contribution in [0.5, 0.6) is 0 Å². The zero-order valence-electron chi connectivity index (χ0n) is 63.7. The molecular formula is C83H140O17P2. The minimum absolute atomic E-state index is 0.0299. The van der Waals surface area contributed by atoms with Crippen LogP contribution in [0.3, 0.4) is 0 Å². The van der Waals surface area contributed by atoms with Gasteiger partial charge in [-0.15, -0.1) is 0 Å². The van der Waals surface area contributed by atoms with Gasteiger partial charge in [0.05, 0.1) is 26.4 Å². The second-order valence-electron chi connectivity index (χ2n) is 25.9. The first-order valence-corrected chi connectivity index (χ1v) is 42.4. The fourth-order valence-electron chi connectivity index (χ4n) is 10.1. The quantitative estimate of drug-likeness (QED) is 0.0169. The summed E-state index contributed by atoms with van der Waals surface area (Å²) in [4.78, 5) is 72.9. The first-order chi connectivity index (χ1) is 49.7. The maximum atomic E-state index is 13.1. The number of ether oxygens (including phenoxy) is 4. The minimum atomic E-state index is -5.00. The number of carbonyl (C=O) groups is 4. The van der Waals surface area contributed by atoms with Gasteiger partial charge in [0, 0.05) is 25.7 Å². The Kier molecular flexibility index (Phi) is 71.0. The van der Waals surface area contributed by atoms with Crippen LogP contribution in [0.4, 0.5) is 0 Å². The van der Waals surface area contributed by atoms with Crippen LogP contribution in [0.1, 0.15) is 310 Å². The Morgan fingerprint density at radius 2 is 0.529 bits per heavy atom. The maximum Gasteiger partial charge on any atom is 0.472 e. The van der Waals surface area contributed by atoms with Crippen molar-refractivity contribution in [3.63, 3.8) is 0 Å². The summed E-state index contributed by atoms with van der Waals surface area (Å²) >= 11 is 0. The molecule has 584 valence electrons. The minimum Gasteiger partial charge on any atom is -0.462 e. The molecule has 0 fully saturated rings. The number of aliphatic hydroxyl groups excluding tert-OH is 1. The molecule has 0 aromatic heterocycles. The van der Waals surface area contributed by atoms with Crippen LogP contribution in [0.2, 0.25) is 0 Å². The molecule has 0 aliphatic rings. The van der Waals surface area contributed by atoms with E-state index in [0.29, 0.717) is 32.1 Å². The predicted molar refractivity (Wildman–Crippen MR) is 418 cm³/mol. The van der Waals surface area contributed by atoms with Crippen LogP contribution in [0, 0.1) is 0 Å². The highest BCUT2D eigenvalue weighted by Gasteiger charge is 2.30. The Morgan fingerprint density at radius 1 is 0.284 bits per heavy atom. The maximum absolute atomic E-state index is 13.1. The third-order valence-electron chi connectivity index (χ3n) is 16.1. The lowest BCUT2D eigenvalue weighted by molar-refractivity contribution is -0.161. The third-order valence-corrected chi connectivity index (χ3v) is 18.0. The SMILES string of the molecule is CCC=CCC=CCC=CCC=CCC=CCC=CCCC(=O)OC[C@H](COP(=O)(O)OCC(O)COP(=O)(O)OC[C@@H](COC(=O)CCCCCCCC=CCC=CCCCCC)OC(=O)CCCCCCCC=CCCCCCC)OC(=O)CCCCCCCC=CCC=CCCCCC. The van der Waals surface area contributed by atoms with Gasteiger partial charge in [0.1, 0.15) is 19.3 Å². The van der Waals surface area contributed by atoms with Gasteiger partial charge in [-0.05, 0) is 154 Å². The number of phosphoric ester groups is 2. The van der Waals surface area contributed by atoms with Gasteiger partial charge >= 0.3 is 39.5 Å². The molecule has 0 radical (unpaired) electrons. The fourth-order valence-corrected chi connectivity index (χ4v) is 11.6. The van der Waals surface area contributed by atoms with Crippen molar-refractivity contribution in [1.82, 2.24) is 0 Å². The monoisotopic (exact) mass is 1470 g/mol. The Hall–Kier alpha value is -4.80. The summed E-state index contributed by atoms with van der Waals surface area (Å²) in [5.74, 6) is -2.31. The van der Waals surface area contributed by atoms with Crippen molar-refractivity contribution in [2.45, 2.75) is 329 Å². The topological polar surface area (TPSA) is 237 Å². The largest absolute Gasteiger partial charge is 0.472 e. The number of aliphatic hydroxyl groups is 1. The van der Waals surface area contributed by atoms with Crippen LogP contribution in [0.15, 0.2) is 134 Å². The molecule has 0 saturated heterocycles. The molecule has 0 bridgehead atoms. The van der Waals surface area contributed by atoms with E-state index in [1.807, 2.05) is 18.2 Å². The molecule has 102 heavy (non-hydrogen) atoms. The lowest BCUT2D eigenvalue weighted by Gasteiger charge is -2.21. The van der Waals surface area contributed by atoms with Gasteiger partial charge in [0.25, 0.3) is 0 Å². The van der Waals surface area contributed by atoms with Gasteiger partial charge in [0.2, 0.25) is 0 Å². The van der Waals surface area contributed by atoms with Gasteiger partial charge in [0.15, 0.2) is 12.2 Å². The van der Waals surface area contributed by atoms with Crippen molar-refractivity contribution in [3.8, 4) is 0 Å². The summed E-state index contributed by atoms with van der Waals surface area (Å²) in [6.45, 7) is 4.57. The van der Waals surface area contributed by atoms with E-state index < -0.39 is 97.5 Å². The molecular weight excluding hydrogens is 1330 g/mol. The second-order valence-corrected chi connectivity index (χ2v) is 28.8. The van der Waals surface area contributed by atoms with Crippen LogP contribution < -0.4 is 0 Å². The van der Waals surface area contributed by atoms with Crippen molar-refractivity contribution in [1.29, 1.82) is 0 Å². The summed E-state index contributed by atoms with van der Waals surface area (Å²) in [6.07, 6.45) is 83.0. The number of esters is 4. The molecule has 0 rings (SSSR count). The molecule has 0 aromatic carbocycles. The van der Waals surface area contributed by atoms with Gasteiger partial charge in [-0.2, -0.15) is 0 Å². The number of hydrogen-bond donors (Lipinski definition) is 3. The van der Waals surface area contributed by atoms with E-state index in [1.54, 1.807) is 0 Å². The van der Waals surface area contributed by atoms with Crippen molar-refractivity contribution >= 4 is 39.5 Å². The molecule has 0 spiro atoms. The number of phosphoric acid groups is 2. The predicted octanol–water partition coefficient (Wildman–Crippen LogP) is 22.9. The molecule has 0 aliphatic heterocycles. The first kappa shape index (κ1) is 97.2. The highest BCUT2D eigenvalue weighted by Crippen LogP contribution is 2.45. The van der Waals surface area contributed by atoms with Crippen molar-refractivity contribution in [2.24, 2.45) is 0 Å². The number of carbonyl (C=O) groups excluding carboxylic acids is 4. The normalized spacial score (nSPS) is 14.6. The Labute approximate surface area is 618 Å². The molecule has 3 unspecified atom stereocenters. The summed E-state index contributed by atoms with van der Waals surface area (Å²) in [7, 11) is -9.99. The van der Waals surface area contributed by atoms with Crippen molar-refractivity contribution in [2.75, 3.05) is 39.6 Å². The zero-order valence-corrected chi connectivity index (χ0v) is 65.5. The first-order valence-electron chi connectivity index (χ1n) is 39.4. The molecule has 3 N–H and O–H groups in total. The molecule has 5 atom stereocenters. The molecule has 0 amide bonds. The average molecular weight is 1470 g/mol. The van der Waals surface area contributed by atoms with Crippen LogP contribution in [-0.2, 0) is 65.4 Å². The Balaban J connectivity index is 5.44. The van der Waals surface area contributed by atoms with Gasteiger partial charge < -0.3 is 33.8 Å². The van der Waals surface area contributed by atoms with Gasteiger partial charge in [-0.25, -0.2) is 9.13 Å². The number of hydrogen-bond acceptors (Lipinski definition) is 15. The molecule has 17 nitrogen and oxygen atoms in total. The van der Waals surface area contributed by atoms with Crippen LogP contribution in [-0.4, -0.2) is 96.7 Å². The Morgan fingerprint density at radius 3 is 0.873 bits per heavy atom. The lowest BCUT2D eigenvalue weighted by Crippen LogP contribution is -2.30. The van der Waals surface area contributed by atoms with Crippen molar-refractivity contribution in [3.05, 3.63) is 134 Å². The van der Waals surface area contributed by atoms with Gasteiger partial charge in [-0.1, -0.05) is 264 Å². The van der Waals surface area contributed by atoms with E-state index in [4.69, 9.17) is 37.0 Å². The molecule has 0 aliphatic carbocycles. The molecule has 0 aromatic rings. The summed E-state index contributed by atoms with van der Waals surface area (Å²) in [5, 5.41) is 10.6. The van der Waals surface area contributed by atoms with E-state index >= 15 is 0 Å². The van der Waals surface area contributed by atoms with Crippen molar-refractivity contribution < 1.29 is 80.2 Å². The van der Waals surface area contributed by atoms with E-state index in [0.717, 1.165) is 161 Å². The smallest absolute Gasteiger partial charge is 0.462 e. The summed E-state index contributed by atoms with van der Waals surface area (Å²) < 4.78 is 68.4. The second kappa shape index (κ2) is 74.5. The van der Waals surface area contributed by atoms with Crippen LogP contribution >= 0.6 is 15.6 Å². The van der Waals surface area contributed by atoms with E-state index in [2.05, 4.69) is 143 Å². The standard InChI is InChI=1S/C83H140O17P2/c1-5-9-13-17-21-25-29-33-36-37-38-39-42-45-48-52-56-60-64-68-81(86)94-74-79(100-83(88)70-66-62-58-54-50-46-41-35-31-27-23-19-15-11-7-3)76-98-102(91,92)96-72-77(84)71-95-101(89,90)97-75-78(99-82(87)69-65-61-57-53-49-43-32-28-24-20-16-12-8-4)73-93-80(85)67-63-59-55-51-47-44-40-34-30-26-22-18-14-10-6-2/h9,13,21-23,25-28,32-36,38-41,45,48,56,60,77-79,84H,5-8,10-12,14-20,24,29-31,37,42-44,46-47,49-55,57-59,61-76H2,1-4H3,(H,89,90)(H,91,92)/t77?,78-,79-/m1/s1.